The van der Waals surface area contributed by atoms with Gasteiger partial charge >= 0.3 is 0 Å². The highest BCUT2D eigenvalue weighted by Gasteiger charge is 2.28. The number of piperidine rings is 1. The molecule has 2 aromatic rings. The van der Waals surface area contributed by atoms with Gasteiger partial charge in [0, 0.05) is 32.5 Å². The van der Waals surface area contributed by atoms with Crippen LogP contribution in [0.25, 0.3) is 0 Å². The van der Waals surface area contributed by atoms with E-state index in [1.54, 1.807) is 19.4 Å². The van der Waals surface area contributed by atoms with Crippen molar-refractivity contribution in [2.24, 2.45) is 10.9 Å². The molecule has 0 radical (unpaired) electrons. The van der Waals surface area contributed by atoms with E-state index in [1.165, 1.54) is 0 Å². The summed E-state index contributed by atoms with van der Waals surface area (Å²) in [4.78, 5) is 22.7. The Labute approximate surface area is 153 Å². The van der Waals surface area contributed by atoms with Gasteiger partial charge in [0.05, 0.1) is 31.7 Å². The number of nitrogens with zero attached hydrogens (tertiary/aromatic N) is 4. The van der Waals surface area contributed by atoms with Crippen molar-refractivity contribution in [3.05, 3.63) is 42.9 Å². The van der Waals surface area contributed by atoms with Crippen molar-refractivity contribution in [1.29, 1.82) is 0 Å². The second-order valence-electron chi connectivity index (χ2n) is 6.55. The fourth-order valence-corrected chi connectivity index (χ4v) is 3.25. The maximum atomic E-state index is 12.0. The fraction of sp³-hybridized carbons (Fsp3) is 0.500. The zero-order valence-corrected chi connectivity index (χ0v) is 15.3. The highest BCUT2D eigenvalue weighted by Crippen LogP contribution is 2.27. The zero-order chi connectivity index (χ0) is 18.4. The van der Waals surface area contributed by atoms with E-state index in [9.17, 15) is 4.79 Å². The van der Waals surface area contributed by atoms with Crippen LogP contribution in [0.2, 0.25) is 0 Å². The van der Waals surface area contributed by atoms with Gasteiger partial charge in [0.1, 0.15) is 5.76 Å². The second-order valence-corrected chi connectivity index (χ2v) is 6.55. The highest BCUT2D eigenvalue weighted by atomic mass is 16.3. The number of rotatable bonds is 5. The van der Waals surface area contributed by atoms with Gasteiger partial charge in [-0.2, -0.15) is 0 Å². The molecule has 2 unspecified atom stereocenters. The summed E-state index contributed by atoms with van der Waals surface area (Å²) < 4.78 is 7.36. The molecule has 140 valence electrons. The number of nitrogens with one attached hydrogen (secondary N) is 2. The minimum Gasteiger partial charge on any atom is -0.467 e. The number of guanidine groups is 1. The van der Waals surface area contributed by atoms with E-state index in [4.69, 9.17) is 4.42 Å². The van der Waals surface area contributed by atoms with Gasteiger partial charge in [-0.25, -0.2) is 4.98 Å². The van der Waals surface area contributed by atoms with Crippen LogP contribution in [0.5, 0.6) is 0 Å². The summed E-state index contributed by atoms with van der Waals surface area (Å²) in [6.45, 7) is 4.58. The van der Waals surface area contributed by atoms with Crippen LogP contribution in [0.3, 0.4) is 0 Å². The Kier molecular flexibility index (Phi) is 5.93. The predicted octanol–water partition coefficient (Wildman–Crippen LogP) is 1.25. The van der Waals surface area contributed by atoms with Crippen LogP contribution >= 0.6 is 0 Å². The van der Waals surface area contributed by atoms with Crippen molar-refractivity contribution >= 4 is 11.9 Å². The summed E-state index contributed by atoms with van der Waals surface area (Å²) in [5.41, 5.74) is 0. The molecule has 3 heterocycles. The van der Waals surface area contributed by atoms with Gasteiger partial charge in [0.2, 0.25) is 5.91 Å². The normalized spacial score (nSPS) is 20.8. The van der Waals surface area contributed by atoms with E-state index >= 15 is 0 Å². The van der Waals surface area contributed by atoms with E-state index in [-0.39, 0.29) is 12.5 Å². The van der Waals surface area contributed by atoms with Crippen LogP contribution < -0.4 is 10.6 Å². The van der Waals surface area contributed by atoms with Gasteiger partial charge in [0.15, 0.2) is 5.96 Å². The third-order valence-corrected chi connectivity index (χ3v) is 4.78. The molecule has 0 bridgehead atoms. The van der Waals surface area contributed by atoms with Gasteiger partial charge in [0.25, 0.3) is 0 Å². The van der Waals surface area contributed by atoms with E-state index in [1.807, 2.05) is 24.8 Å². The Bertz CT molecular complexity index is 710. The number of hydrogen-bond donors (Lipinski definition) is 2. The molecule has 1 aliphatic heterocycles. The number of imidazole rings is 1. The Balaban J connectivity index is 1.51. The third kappa shape index (κ3) is 4.44. The lowest BCUT2D eigenvalue weighted by molar-refractivity contribution is -0.120. The first-order valence-electron chi connectivity index (χ1n) is 8.89. The monoisotopic (exact) mass is 358 g/mol. The lowest BCUT2D eigenvalue weighted by Gasteiger charge is -2.39. The average Bonchev–Trinajstić information content (AvgIpc) is 3.35. The number of carbonyl (C=O) groups excluding carboxylic acids is 1. The minimum atomic E-state index is -0.0981. The van der Waals surface area contributed by atoms with Gasteiger partial charge in [-0.3, -0.25) is 9.79 Å². The molecule has 2 atom stereocenters. The molecule has 26 heavy (non-hydrogen) atoms. The van der Waals surface area contributed by atoms with Crippen molar-refractivity contribution in [3.63, 3.8) is 0 Å². The first-order valence-corrected chi connectivity index (χ1v) is 8.89. The van der Waals surface area contributed by atoms with Crippen molar-refractivity contribution in [3.8, 4) is 0 Å². The number of furan rings is 1. The summed E-state index contributed by atoms with van der Waals surface area (Å²) in [5.74, 6) is 1.94. The van der Waals surface area contributed by atoms with Crippen LogP contribution in [0.4, 0.5) is 0 Å². The number of carbonyl (C=O) groups is 1. The Morgan fingerprint density at radius 2 is 2.35 bits per heavy atom. The first kappa shape index (κ1) is 18.0. The number of aromatic nitrogens is 2. The summed E-state index contributed by atoms with van der Waals surface area (Å²) in [5, 5.41) is 5.98. The molecule has 3 rings (SSSR count). The maximum absolute atomic E-state index is 12.0. The molecule has 0 spiro atoms. The van der Waals surface area contributed by atoms with E-state index in [2.05, 4.69) is 37.0 Å². The molecule has 1 saturated heterocycles. The van der Waals surface area contributed by atoms with Gasteiger partial charge in [-0.15, -0.1) is 0 Å². The quantitative estimate of drug-likeness (QED) is 0.620. The fourth-order valence-electron chi connectivity index (χ4n) is 3.25. The standard InChI is InChI=1S/C18H26N6O2/c1-14-5-7-23(12-16(14)24-8-6-20-13-24)18(19-2)22-11-17(25)21-10-15-4-3-9-26-15/h3-4,6,8-9,13-14,16H,5,7,10-12H2,1-2H3,(H,19,22)(H,21,25). The van der Waals surface area contributed by atoms with Crippen LogP contribution in [0.1, 0.15) is 25.1 Å². The Morgan fingerprint density at radius 3 is 3.04 bits per heavy atom. The lowest BCUT2D eigenvalue weighted by atomic mass is 9.93. The predicted molar refractivity (Wildman–Crippen MR) is 98.5 cm³/mol. The molecule has 2 aromatic heterocycles. The van der Waals surface area contributed by atoms with Gasteiger partial charge in [-0.05, 0) is 24.5 Å². The SMILES string of the molecule is CN=C(NCC(=O)NCc1ccco1)N1CCC(C)C(n2ccnc2)C1. The minimum absolute atomic E-state index is 0.0981. The Morgan fingerprint density at radius 1 is 1.46 bits per heavy atom. The van der Waals surface area contributed by atoms with Crippen LogP contribution in [0, 0.1) is 5.92 Å². The summed E-state index contributed by atoms with van der Waals surface area (Å²) in [6.07, 6.45) is 8.33. The molecule has 0 aliphatic carbocycles. The van der Waals surface area contributed by atoms with Crippen molar-refractivity contribution in [2.45, 2.75) is 25.9 Å². The largest absolute Gasteiger partial charge is 0.467 e. The van der Waals surface area contributed by atoms with Gasteiger partial charge < -0.3 is 24.5 Å². The summed E-state index contributed by atoms with van der Waals surface area (Å²) in [6, 6.07) is 3.98. The van der Waals surface area contributed by atoms with Crippen LogP contribution in [0.15, 0.2) is 46.5 Å². The molecule has 0 saturated carbocycles. The molecule has 1 aliphatic rings. The Hall–Kier alpha value is -2.77. The summed E-state index contributed by atoms with van der Waals surface area (Å²) >= 11 is 0. The maximum Gasteiger partial charge on any atom is 0.239 e. The van der Waals surface area contributed by atoms with Crippen molar-refractivity contribution in [2.75, 3.05) is 26.7 Å². The molecule has 8 nitrogen and oxygen atoms in total. The molecular formula is C18H26N6O2. The number of likely N-dealkylation sites (tertiary alicyclic amines) is 1. The lowest BCUT2D eigenvalue weighted by Crippen LogP contribution is -2.50. The van der Waals surface area contributed by atoms with E-state index in [0.29, 0.717) is 18.5 Å². The smallest absolute Gasteiger partial charge is 0.239 e. The molecule has 8 heteroatoms. The molecule has 1 fully saturated rings. The molecule has 2 N–H and O–H groups in total. The number of amides is 1. The zero-order valence-electron chi connectivity index (χ0n) is 15.3. The molecule has 0 aromatic carbocycles. The van der Waals surface area contributed by atoms with Crippen LogP contribution in [-0.2, 0) is 11.3 Å². The van der Waals surface area contributed by atoms with Crippen LogP contribution in [-0.4, -0.2) is 53.0 Å². The third-order valence-electron chi connectivity index (χ3n) is 4.78. The molecule has 1 amide bonds. The van der Waals surface area contributed by atoms with Crippen molar-refractivity contribution in [1.82, 2.24) is 25.1 Å². The van der Waals surface area contributed by atoms with Gasteiger partial charge in [-0.1, -0.05) is 6.92 Å². The number of aliphatic imine (C=N–C) groups is 1. The van der Waals surface area contributed by atoms with Crippen molar-refractivity contribution < 1.29 is 9.21 Å². The second kappa shape index (κ2) is 8.55. The average molecular weight is 358 g/mol. The molecular weight excluding hydrogens is 332 g/mol. The van der Waals surface area contributed by atoms with E-state index in [0.717, 1.165) is 31.2 Å². The topological polar surface area (TPSA) is 87.7 Å². The highest BCUT2D eigenvalue weighted by molar-refractivity contribution is 5.86. The summed E-state index contributed by atoms with van der Waals surface area (Å²) in [7, 11) is 1.74. The first-order chi connectivity index (χ1) is 12.7. The van der Waals surface area contributed by atoms with E-state index < -0.39 is 0 Å². The number of hydrogen-bond acceptors (Lipinski definition) is 4.